The van der Waals surface area contributed by atoms with E-state index in [4.69, 9.17) is 0 Å². The lowest BCUT2D eigenvalue weighted by Crippen LogP contribution is -2.51. The lowest BCUT2D eigenvalue weighted by atomic mass is 10.1. The molecule has 0 unspecified atom stereocenters. The zero-order valence-electron chi connectivity index (χ0n) is 9.86. The van der Waals surface area contributed by atoms with E-state index in [2.05, 4.69) is 10.7 Å². The number of hydrogen-bond donors (Lipinski definition) is 2. The summed E-state index contributed by atoms with van der Waals surface area (Å²) < 4.78 is 0. The molecule has 0 aliphatic carbocycles. The third-order valence-electron chi connectivity index (χ3n) is 2.82. The standard InChI is InChI=1S/C12H15N3O2/c1-12(2)10(16)14-11(17)15(12)13-8-9-6-4-3-5-7-9/h3-7,13H,8H2,1-2H3,(H,14,16,17). The molecule has 0 saturated carbocycles. The van der Waals surface area contributed by atoms with Gasteiger partial charge in [0, 0.05) is 6.54 Å². The highest BCUT2D eigenvalue weighted by Crippen LogP contribution is 2.18. The monoisotopic (exact) mass is 233 g/mol. The summed E-state index contributed by atoms with van der Waals surface area (Å²) >= 11 is 0. The van der Waals surface area contributed by atoms with Crippen LogP contribution in [-0.4, -0.2) is 22.5 Å². The second-order valence-electron chi connectivity index (χ2n) is 4.47. The molecular formula is C12H15N3O2. The fraction of sp³-hybridized carbons (Fsp3) is 0.333. The van der Waals surface area contributed by atoms with Crippen LogP contribution in [0.25, 0.3) is 0 Å². The van der Waals surface area contributed by atoms with Gasteiger partial charge in [-0.2, -0.15) is 0 Å². The van der Waals surface area contributed by atoms with Crippen LogP contribution in [0.4, 0.5) is 4.79 Å². The van der Waals surface area contributed by atoms with Crippen LogP contribution in [0.5, 0.6) is 0 Å². The minimum atomic E-state index is -0.855. The van der Waals surface area contributed by atoms with Crippen molar-refractivity contribution in [1.82, 2.24) is 15.8 Å². The summed E-state index contributed by atoms with van der Waals surface area (Å²) in [6, 6.07) is 9.29. The van der Waals surface area contributed by atoms with Crippen LogP contribution in [0.1, 0.15) is 19.4 Å². The summed E-state index contributed by atoms with van der Waals surface area (Å²) in [5.74, 6) is -0.289. The van der Waals surface area contributed by atoms with E-state index in [-0.39, 0.29) is 5.91 Å². The van der Waals surface area contributed by atoms with E-state index in [1.165, 1.54) is 5.01 Å². The molecule has 0 radical (unpaired) electrons. The first-order chi connectivity index (χ1) is 8.01. The van der Waals surface area contributed by atoms with E-state index in [9.17, 15) is 9.59 Å². The highest BCUT2D eigenvalue weighted by molar-refractivity contribution is 6.06. The molecule has 2 rings (SSSR count). The van der Waals surface area contributed by atoms with Gasteiger partial charge in [0.25, 0.3) is 5.91 Å². The molecule has 0 bridgehead atoms. The number of benzene rings is 1. The Bertz CT molecular complexity index is 442. The molecule has 3 amide bonds. The molecule has 1 saturated heterocycles. The largest absolute Gasteiger partial charge is 0.339 e. The Labute approximate surface area is 99.8 Å². The van der Waals surface area contributed by atoms with Gasteiger partial charge in [0.2, 0.25) is 0 Å². The number of carbonyl (C=O) groups is 2. The molecule has 0 atom stereocenters. The fourth-order valence-electron chi connectivity index (χ4n) is 1.70. The summed E-state index contributed by atoms with van der Waals surface area (Å²) in [5.41, 5.74) is 3.16. The number of carbonyl (C=O) groups excluding carboxylic acids is 2. The third kappa shape index (κ3) is 2.14. The minimum Gasteiger partial charge on any atom is -0.275 e. The molecule has 1 fully saturated rings. The van der Waals surface area contributed by atoms with E-state index < -0.39 is 11.6 Å². The first kappa shape index (κ1) is 11.6. The normalized spacial score (nSPS) is 18.4. The van der Waals surface area contributed by atoms with Gasteiger partial charge in [0.15, 0.2) is 0 Å². The second-order valence-corrected chi connectivity index (χ2v) is 4.47. The van der Waals surface area contributed by atoms with Gasteiger partial charge in [-0.15, -0.1) is 0 Å². The lowest BCUT2D eigenvalue weighted by molar-refractivity contribution is -0.125. The zero-order valence-corrected chi connectivity index (χ0v) is 9.86. The van der Waals surface area contributed by atoms with Crippen molar-refractivity contribution in [2.75, 3.05) is 0 Å². The number of hydrazine groups is 1. The fourth-order valence-corrected chi connectivity index (χ4v) is 1.70. The molecule has 0 spiro atoms. The van der Waals surface area contributed by atoms with Crippen LogP contribution < -0.4 is 10.7 Å². The quantitative estimate of drug-likeness (QED) is 0.766. The van der Waals surface area contributed by atoms with Gasteiger partial charge in [0.05, 0.1) is 0 Å². The average molecular weight is 233 g/mol. The van der Waals surface area contributed by atoms with Crippen LogP contribution in [0.2, 0.25) is 0 Å². The molecule has 0 aromatic heterocycles. The van der Waals surface area contributed by atoms with Crippen molar-refractivity contribution in [3.05, 3.63) is 35.9 Å². The van der Waals surface area contributed by atoms with E-state index >= 15 is 0 Å². The van der Waals surface area contributed by atoms with Crippen molar-refractivity contribution in [3.8, 4) is 0 Å². The van der Waals surface area contributed by atoms with Gasteiger partial charge >= 0.3 is 6.03 Å². The second kappa shape index (κ2) is 4.18. The highest BCUT2D eigenvalue weighted by atomic mass is 16.2. The molecule has 1 heterocycles. The summed E-state index contributed by atoms with van der Waals surface area (Å²) in [7, 11) is 0. The van der Waals surface area contributed by atoms with E-state index in [0.29, 0.717) is 6.54 Å². The van der Waals surface area contributed by atoms with Gasteiger partial charge in [-0.1, -0.05) is 30.3 Å². The average Bonchev–Trinajstić information content (AvgIpc) is 2.48. The SMILES string of the molecule is CC1(C)C(=O)NC(=O)N1NCc1ccccc1. The number of imide groups is 1. The van der Waals surface area contributed by atoms with Crippen molar-refractivity contribution < 1.29 is 9.59 Å². The summed E-state index contributed by atoms with van der Waals surface area (Å²) in [4.78, 5) is 23.1. The Kier molecular flexibility index (Phi) is 2.85. The van der Waals surface area contributed by atoms with E-state index in [1.54, 1.807) is 13.8 Å². The Morgan fingerprint density at radius 3 is 2.41 bits per heavy atom. The Morgan fingerprint density at radius 2 is 1.88 bits per heavy atom. The van der Waals surface area contributed by atoms with Crippen LogP contribution in [0.3, 0.4) is 0 Å². The topological polar surface area (TPSA) is 61.4 Å². The number of nitrogens with zero attached hydrogens (tertiary/aromatic N) is 1. The van der Waals surface area contributed by atoms with E-state index in [1.807, 2.05) is 30.3 Å². The maximum Gasteiger partial charge on any atom is 0.339 e. The molecular weight excluding hydrogens is 218 g/mol. The third-order valence-corrected chi connectivity index (χ3v) is 2.82. The number of urea groups is 1. The van der Waals surface area contributed by atoms with Crippen molar-refractivity contribution in [3.63, 3.8) is 0 Å². The van der Waals surface area contributed by atoms with Crippen molar-refractivity contribution in [2.24, 2.45) is 0 Å². The Hall–Kier alpha value is -1.88. The van der Waals surface area contributed by atoms with Gasteiger partial charge in [0.1, 0.15) is 5.54 Å². The first-order valence-electron chi connectivity index (χ1n) is 5.45. The molecule has 2 N–H and O–H groups in total. The van der Waals surface area contributed by atoms with Gasteiger partial charge in [-0.25, -0.2) is 15.2 Å². The van der Waals surface area contributed by atoms with Gasteiger partial charge in [-0.3, -0.25) is 10.1 Å². The Balaban J connectivity index is 2.04. The van der Waals surface area contributed by atoms with Crippen molar-refractivity contribution >= 4 is 11.9 Å². The molecule has 5 nitrogen and oxygen atoms in total. The van der Waals surface area contributed by atoms with Crippen LogP contribution in [0, 0.1) is 0 Å². The predicted molar refractivity (Wildman–Crippen MR) is 62.7 cm³/mol. The minimum absolute atomic E-state index is 0.289. The Morgan fingerprint density at radius 1 is 1.24 bits per heavy atom. The maximum absolute atomic E-state index is 11.6. The molecule has 5 heteroatoms. The molecule has 17 heavy (non-hydrogen) atoms. The molecule has 90 valence electrons. The van der Waals surface area contributed by atoms with Crippen LogP contribution in [0.15, 0.2) is 30.3 Å². The first-order valence-corrected chi connectivity index (χ1v) is 5.45. The lowest BCUT2D eigenvalue weighted by Gasteiger charge is -2.28. The smallest absolute Gasteiger partial charge is 0.275 e. The van der Waals surface area contributed by atoms with Crippen molar-refractivity contribution in [1.29, 1.82) is 0 Å². The number of amides is 3. The maximum atomic E-state index is 11.6. The number of nitrogens with one attached hydrogen (secondary N) is 2. The van der Waals surface area contributed by atoms with Crippen LogP contribution >= 0.6 is 0 Å². The summed E-state index contributed by atoms with van der Waals surface area (Å²) in [6.07, 6.45) is 0. The molecule has 1 aliphatic heterocycles. The molecule has 1 aromatic carbocycles. The molecule has 1 aliphatic rings. The van der Waals surface area contributed by atoms with Crippen molar-refractivity contribution in [2.45, 2.75) is 25.9 Å². The summed E-state index contributed by atoms with van der Waals surface area (Å²) in [6.45, 7) is 3.90. The number of rotatable bonds is 3. The predicted octanol–water partition coefficient (Wildman–Crippen LogP) is 1.02. The van der Waals surface area contributed by atoms with E-state index in [0.717, 1.165) is 5.56 Å². The highest BCUT2D eigenvalue weighted by Gasteiger charge is 2.45. The molecule has 1 aromatic rings. The van der Waals surface area contributed by atoms with Gasteiger partial charge in [-0.05, 0) is 19.4 Å². The zero-order chi connectivity index (χ0) is 12.5. The number of hydrogen-bond acceptors (Lipinski definition) is 3. The van der Waals surface area contributed by atoms with Gasteiger partial charge < -0.3 is 0 Å². The summed E-state index contributed by atoms with van der Waals surface area (Å²) in [5, 5.41) is 3.61. The van der Waals surface area contributed by atoms with Crippen LogP contribution in [-0.2, 0) is 11.3 Å².